The van der Waals surface area contributed by atoms with E-state index in [4.69, 9.17) is 11.6 Å². The third kappa shape index (κ3) is 4.11. The number of aromatic nitrogens is 5. The first-order valence-electron chi connectivity index (χ1n) is 9.72. The van der Waals surface area contributed by atoms with Crippen LogP contribution in [0.15, 0.2) is 43.0 Å². The van der Waals surface area contributed by atoms with E-state index in [0.29, 0.717) is 29.7 Å². The average molecular weight is 430 g/mol. The van der Waals surface area contributed by atoms with Gasteiger partial charge in [-0.3, -0.25) is 4.79 Å². The summed E-state index contributed by atoms with van der Waals surface area (Å²) in [7, 11) is 0. The van der Waals surface area contributed by atoms with E-state index in [2.05, 4.69) is 32.4 Å². The number of carbonyl (C=O) groups is 1. The van der Waals surface area contributed by atoms with E-state index >= 15 is 0 Å². The first kappa shape index (κ1) is 20.2. The molecule has 1 saturated heterocycles. The Labute approximate surface area is 178 Å². The molecule has 2 aromatic heterocycles. The first-order chi connectivity index (χ1) is 14.5. The third-order valence-electron chi connectivity index (χ3n) is 5.31. The summed E-state index contributed by atoms with van der Waals surface area (Å²) in [5.74, 6) is -0.325. The number of amides is 1. The Bertz CT molecular complexity index is 1010. The van der Waals surface area contributed by atoms with Gasteiger partial charge in [-0.1, -0.05) is 24.6 Å². The molecular formula is C20H21ClFN7O. The molecule has 8 nitrogen and oxygen atoms in total. The zero-order valence-corrected chi connectivity index (χ0v) is 17.1. The van der Waals surface area contributed by atoms with Crippen molar-refractivity contribution in [1.82, 2.24) is 29.9 Å². The van der Waals surface area contributed by atoms with Gasteiger partial charge < -0.3 is 10.2 Å². The Balaban J connectivity index is 1.61. The molecule has 0 unspecified atom stereocenters. The van der Waals surface area contributed by atoms with Gasteiger partial charge in [-0.2, -0.15) is 15.0 Å². The van der Waals surface area contributed by atoms with Crippen molar-refractivity contribution >= 4 is 23.5 Å². The molecule has 1 fully saturated rings. The molecular weight excluding hydrogens is 409 g/mol. The predicted octanol–water partition coefficient (Wildman–Crippen LogP) is 3.20. The highest BCUT2D eigenvalue weighted by molar-refractivity contribution is 6.30. The van der Waals surface area contributed by atoms with Gasteiger partial charge >= 0.3 is 0 Å². The van der Waals surface area contributed by atoms with Crippen molar-refractivity contribution in [2.75, 3.05) is 18.4 Å². The summed E-state index contributed by atoms with van der Waals surface area (Å²) in [4.78, 5) is 24.8. The van der Waals surface area contributed by atoms with Crippen LogP contribution in [0.4, 0.5) is 10.3 Å². The van der Waals surface area contributed by atoms with Crippen molar-refractivity contribution in [2.24, 2.45) is 5.92 Å². The van der Waals surface area contributed by atoms with Gasteiger partial charge in [-0.15, -0.1) is 0 Å². The largest absolute Gasteiger partial charge is 0.352 e. The maximum Gasteiger partial charge on any atom is 0.259 e. The monoisotopic (exact) mass is 429 g/mol. The Hall–Kier alpha value is -3.07. The van der Waals surface area contributed by atoms with Gasteiger partial charge in [0.1, 0.15) is 17.1 Å². The molecule has 0 aliphatic carbocycles. The lowest BCUT2D eigenvalue weighted by Crippen LogP contribution is -2.51. The highest BCUT2D eigenvalue weighted by Gasteiger charge is 2.34. The number of nitrogens with zero attached hydrogens (tertiary/aromatic N) is 6. The number of likely N-dealkylation sites (tertiary alicyclic amines) is 1. The number of halogens is 2. The fourth-order valence-corrected chi connectivity index (χ4v) is 3.88. The number of hydrogen-bond acceptors (Lipinski definition) is 6. The molecule has 1 amide bonds. The Morgan fingerprint density at radius 3 is 2.73 bits per heavy atom. The van der Waals surface area contributed by atoms with Crippen LogP contribution in [0.3, 0.4) is 0 Å². The molecule has 1 aliphatic rings. The number of anilines is 1. The number of hydrogen-bond donors (Lipinski definition) is 1. The lowest BCUT2D eigenvalue weighted by atomic mass is 9.90. The second-order valence-corrected chi connectivity index (χ2v) is 7.68. The van der Waals surface area contributed by atoms with Crippen LogP contribution in [0.5, 0.6) is 0 Å². The summed E-state index contributed by atoms with van der Waals surface area (Å²) in [5.41, 5.74) is 0.284. The van der Waals surface area contributed by atoms with Crippen LogP contribution in [-0.4, -0.2) is 54.9 Å². The van der Waals surface area contributed by atoms with Gasteiger partial charge in [0, 0.05) is 13.1 Å². The zero-order chi connectivity index (χ0) is 21.1. The van der Waals surface area contributed by atoms with Crippen LogP contribution >= 0.6 is 11.6 Å². The van der Waals surface area contributed by atoms with Gasteiger partial charge in [0.2, 0.25) is 5.95 Å². The minimum absolute atomic E-state index is 0.0319. The van der Waals surface area contributed by atoms with Crippen molar-refractivity contribution in [3.63, 3.8) is 0 Å². The van der Waals surface area contributed by atoms with Gasteiger partial charge in [-0.05, 0) is 30.9 Å². The maximum absolute atomic E-state index is 14.8. The minimum atomic E-state index is -0.597. The molecule has 10 heteroatoms. The van der Waals surface area contributed by atoms with Crippen LogP contribution < -0.4 is 5.32 Å². The van der Waals surface area contributed by atoms with Crippen LogP contribution in [-0.2, 0) is 0 Å². The van der Waals surface area contributed by atoms with Crippen molar-refractivity contribution in [2.45, 2.75) is 25.8 Å². The maximum atomic E-state index is 14.8. The van der Waals surface area contributed by atoms with Crippen LogP contribution in [0.1, 0.15) is 30.1 Å². The van der Waals surface area contributed by atoms with E-state index in [1.807, 2.05) is 0 Å². The van der Waals surface area contributed by atoms with E-state index < -0.39 is 5.82 Å². The van der Waals surface area contributed by atoms with Crippen LogP contribution in [0.25, 0.3) is 5.69 Å². The molecule has 3 aromatic rings. The normalized spacial score (nSPS) is 19.0. The van der Waals surface area contributed by atoms with E-state index in [1.165, 1.54) is 35.7 Å². The highest BCUT2D eigenvalue weighted by atomic mass is 35.5. The summed E-state index contributed by atoms with van der Waals surface area (Å²) in [6.07, 6.45) is 7.81. The lowest BCUT2D eigenvalue weighted by molar-refractivity contribution is 0.0535. The molecule has 1 aliphatic heterocycles. The Morgan fingerprint density at radius 1 is 1.27 bits per heavy atom. The molecule has 3 heterocycles. The molecule has 156 valence electrons. The molecule has 1 N–H and O–H groups in total. The number of carbonyl (C=O) groups excluding carboxylic acids is 1. The molecule has 30 heavy (non-hydrogen) atoms. The number of rotatable bonds is 5. The second-order valence-electron chi connectivity index (χ2n) is 7.24. The van der Waals surface area contributed by atoms with Gasteiger partial charge in [0.15, 0.2) is 0 Å². The SMILES string of the molecule is C[C@@H]1CCCN(C(=O)c2c(F)cccc2-n2nccn2)[C@@H]1CNc1ncc(Cl)cn1. The Morgan fingerprint density at radius 2 is 2.00 bits per heavy atom. The fourth-order valence-electron chi connectivity index (χ4n) is 3.79. The lowest BCUT2D eigenvalue weighted by Gasteiger charge is -2.40. The van der Waals surface area contributed by atoms with Crippen molar-refractivity contribution in [3.05, 3.63) is 59.4 Å². The highest BCUT2D eigenvalue weighted by Crippen LogP contribution is 2.28. The van der Waals surface area contributed by atoms with Gasteiger partial charge in [0.25, 0.3) is 5.91 Å². The summed E-state index contributed by atoms with van der Waals surface area (Å²) >= 11 is 5.83. The zero-order valence-electron chi connectivity index (χ0n) is 16.4. The molecule has 1 aromatic carbocycles. The van der Waals surface area contributed by atoms with Crippen molar-refractivity contribution < 1.29 is 9.18 Å². The number of benzene rings is 1. The standard InChI is InChI=1S/C20H21ClFN7O/c1-13-4-3-9-28(17(13)12-25-20-23-10-14(21)11-24-20)19(30)18-15(22)5-2-6-16(18)29-26-7-8-27-29/h2,5-8,10-11,13,17H,3-4,9,12H2,1H3,(H,23,24,25)/t13-,17-/m1/s1. The Kier molecular flexibility index (Phi) is 5.89. The van der Waals surface area contributed by atoms with Crippen molar-refractivity contribution in [3.8, 4) is 5.69 Å². The first-order valence-corrected chi connectivity index (χ1v) is 10.1. The molecule has 2 atom stereocenters. The molecule has 0 bridgehead atoms. The second kappa shape index (κ2) is 8.74. The third-order valence-corrected chi connectivity index (χ3v) is 5.50. The smallest absolute Gasteiger partial charge is 0.259 e. The molecule has 4 rings (SSSR count). The fraction of sp³-hybridized carbons (Fsp3) is 0.350. The molecule has 0 radical (unpaired) electrons. The minimum Gasteiger partial charge on any atom is -0.352 e. The average Bonchev–Trinajstić information content (AvgIpc) is 3.28. The van der Waals surface area contributed by atoms with E-state index in [9.17, 15) is 9.18 Å². The van der Waals surface area contributed by atoms with Gasteiger partial charge in [-0.25, -0.2) is 14.4 Å². The van der Waals surface area contributed by atoms with Gasteiger partial charge in [0.05, 0.1) is 35.9 Å². The topological polar surface area (TPSA) is 88.8 Å². The predicted molar refractivity (Wildman–Crippen MR) is 110 cm³/mol. The van der Waals surface area contributed by atoms with Crippen molar-refractivity contribution in [1.29, 1.82) is 0 Å². The molecule has 0 saturated carbocycles. The summed E-state index contributed by atoms with van der Waals surface area (Å²) in [6.45, 7) is 3.07. The van der Waals surface area contributed by atoms with E-state index in [0.717, 1.165) is 12.8 Å². The summed E-state index contributed by atoms with van der Waals surface area (Å²) in [5, 5.41) is 11.7. The number of piperidine rings is 1. The molecule has 0 spiro atoms. The van der Waals surface area contributed by atoms with Crippen LogP contribution in [0.2, 0.25) is 5.02 Å². The summed E-state index contributed by atoms with van der Waals surface area (Å²) < 4.78 is 14.8. The number of nitrogens with one attached hydrogen (secondary N) is 1. The van der Waals surface area contributed by atoms with Crippen LogP contribution in [0, 0.1) is 11.7 Å². The van der Waals surface area contributed by atoms with E-state index in [1.54, 1.807) is 17.0 Å². The quantitative estimate of drug-likeness (QED) is 0.670. The van der Waals surface area contributed by atoms with E-state index in [-0.39, 0.29) is 23.4 Å². The summed E-state index contributed by atoms with van der Waals surface area (Å²) in [6, 6.07) is 4.31.